The van der Waals surface area contributed by atoms with Crippen molar-refractivity contribution >= 4 is 28.9 Å². The van der Waals surface area contributed by atoms with E-state index in [0.29, 0.717) is 18.7 Å². The molecule has 1 fully saturated rings. The Morgan fingerprint density at radius 1 is 1.07 bits per heavy atom. The molecule has 0 aliphatic carbocycles. The summed E-state index contributed by atoms with van der Waals surface area (Å²) in [5.41, 5.74) is 0.244. The second-order valence-electron chi connectivity index (χ2n) is 6.14. The lowest BCUT2D eigenvalue weighted by Gasteiger charge is -2.16. The van der Waals surface area contributed by atoms with Gasteiger partial charge >= 0.3 is 6.18 Å². The average molecular weight is 377 g/mol. The standard InChI is InChI=1S/C19H18F3N3O2/c20-19(21,22)15-4-1-2-5-16(15)24-17(26)12-23-13-7-9-14(10-8-13)25-11-3-6-18(25)27/h1-2,4-5,7-10,23H,3,6,11-12H2,(H,24,26). The molecule has 5 nitrogen and oxygen atoms in total. The largest absolute Gasteiger partial charge is 0.418 e. The van der Waals surface area contributed by atoms with Crippen LogP contribution in [0.3, 0.4) is 0 Å². The first kappa shape index (κ1) is 18.8. The molecule has 0 bridgehead atoms. The molecule has 1 heterocycles. The van der Waals surface area contributed by atoms with Crippen LogP contribution in [-0.4, -0.2) is 24.9 Å². The van der Waals surface area contributed by atoms with Crippen LogP contribution in [0.5, 0.6) is 0 Å². The number of amides is 2. The molecule has 2 aromatic carbocycles. The molecule has 1 aliphatic heterocycles. The number of alkyl halides is 3. The van der Waals surface area contributed by atoms with E-state index in [-0.39, 0.29) is 18.1 Å². The summed E-state index contributed by atoms with van der Waals surface area (Å²) >= 11 is 0. The van der Waals surface area contributed by atoms with Gasteiger partial charge in [0.2, 0.25) is 11.8 Å². The number of benzene rings is 2. The summed E-state index contributed by atoms with van der Waals surface area (Å²) in [6.07, 6.45) is -3.17. The molecule has 0 radical (unpaired) electrons. The topological polar surface area (TPSA) is 61.4 Å². The third kappa shape index (κ3) is 4.58. The highest BCUT2D eigenvalue weighted by Crippen LogP contribution is 2.34. The van der Waals surface area contributed by atoms with E-state index in [0.717, 1.165) is 18.2 Å². The van der Waals surface area contributed by atoms with Crippen LogP contribution in [-0.2, 0) is 15.8 Å². The van der Waals surface area contributed by atoms with Gasteiger partial charge in [-0.25, -0.2) is 0 Å². The Hall–Kier alpha value is -3.03. The molecule has 0 atom stereocenters. The van der Waals surface area contributed by atoms with Crippen molar-refractivity contribution in [1.29, 1.82) is 0 Å². The SMILES string of the molecule is O=C(CNc1ccc(N2CCCC2=O)cc1)Nc1ccccc1C(F)(F)F. The van der Waals surface area contributed by atoms with E-state index >= 15 is 0 Å². The minimum atomic E-state index is -4.54. The zero-order valence-corrected chi connectivity index (χ0v) is 14.3. The molecule has 2 aromatic rings. The van der Waals surface area contributed by atoms with Gasteiger partial charge in [-0.3, -0.25) is 9.59 Å². The molecular formula is C19H18F3N3O2. The Bertz CT molecular complexity index is 835. The summed E-state index contributed by atoms with van der Waals surface area (Å²) in [6.45, 7) is 0.501. The molecule has 3 rings (SSSR count). The molecule has 0 spiro atoms. The number of anilines is 3. The summed E-state index contributed by atoms with van der Waals surface area (Å²) in [6, 6.07) is 11.8. The predicted molar refractivity (Wildman–Crippen MR) is 96.6 cm³/mol. The van der Waals surface area contributed by atoms with Crippen molar-refractivity contribution in [2.24, 2.45) is 0 Å². The molecule has 2 amide bonds. The first-order valence-electron chi connectivity index (χ1n) is 8.45. The van der Waals surface area contributed by atoms with Crippen LogP contribution in [0.2, 0.25) is 0 Å². The van der Waals surface area contributed by atoms with Gasteiger partial charge in [0.25, 0.3) is 0 Å². The fourth-order valence-corrected chi connectivity index (χ4v) is 2.90. The number of hydrogen-bond donors (Lipinski definition) is 2. The number of hydrogen-bond acceptors (Lipinski definition) is 3. The second kappa shape index (κ2) is 7.69. The highest BCUT2D eigenvalue weighted by atomic mass is 19.4. The Morgan fingerprint density at radius 2 is 1.78 bits per heavy atom. The van der Waals surface area contributed by atoms with Crippen LogP contribution in [0.25, 0.3) is 0 Å². The number of nitrogens with one attached hydrogen (secondary N) is 2. The zero-order chi connectivity index (χ0) is 19.4. The second-order valence-corrected chi connectivity index (χ2v) is 6.14. The van der Waals surface area contributed by atoms with Crippen LogP contribution in [0.15, 0.2) is 48.5 Å². The minimum Gasteiger partial charge on any atom is -0.376 e. The summed E-state index contributed by atoms with van der Waals surface area (Å²) < 4.78 is 38.8. The number of nitrogens with zero attached hydrogens (tertiary/aromatic N) is 1. The van der Waals surface area contributed by atoms with Gasteiger partial charge in [0.1, 0.15) is 0 Å². The molecule has 142 valence electrons. The van der Waals surface area contributed by atoms with Gasteiger partial charge < -0.3 is 15.5 Å². The number of carbonyl (C=O) groups is 2. The number of halogens is 3. The van der Waals surface area contributed by atoms with Crippen LogP contribution in [0.1, 0.15) is 18.4 Å². The molecule has 1 saturated heterocycles. The average Bonchev–Trinajstić information content (AvgIpc) is 3.06. The van der Waals surface area contributed by atoms with Crippen molar-refractivity contribution in [3.05, 3.63) is 54.1 Å². The minimum absolute atomic E-state index is 0.0819. The molecule has 0 aromatic heterocycles. The lowest BCUT2D eigenvalue weighted by atomic mass is 10.1. The van der Waals surface area contributed by atoms with E-state index < -0.39 is 17.6 Å². The van der Waals surface area contributed by atoms with E-state index in [1.807, 2.05) is 0 Å². The van der Waals surface area contributed by atoms with Crippen molar-refractivity contribution in [2.75, 3.05) is 28.6 Å². The highest BCUT2D eigenvalue weighted by Gasteiger charge is 2.33. The quantitative estimate of drug-likeness (QED) is 0.831. The third-order valence-corrected chi connectivity index (χ3v) is 4.21. The fourth-order valence-electron chi connectivity index (χ4n) is 2.90. The van der Waals surface area contributed by atoms with Gasteiger partial charge in [-0.15, -0.1) is 0 Å². The maximum Gasteiger partial charge on any atom is 0.418 e. The zero-order valence-electron chi connectivity index (χ0n) is 14.3. The van der Waals surface area contributed by atoms with Crippen molar-refractivity contribution in [3.63, 3.8) is 0 Å². The van der Waals surface area contributed by atoms with E-state index in [9.17, 15) is 22.8 Å². The van der Waals surface area contributed by atoms with Gasteiger partial charge in [0.05, 0.1) is 17.8 Å². The monoisotopic (exact) mass is 377 g/mol. The first-order chi connectivity index (χ1) is 12.8. The Labute approximate surface area is 154 Å². The van der Waals surface area contributed by atoms with Gasteiger partial charge in [-0.1, -0.05) is 12.1 Å². The Kier molecular flexibility index (Phi) is 5.34. The highest BCUT2D eigenvalue weighted by molar-refractivity contribution is 5.96. The van der Waals surface area contributed by atoms with Gasteiger partial charge in [-0.05, 0) is 42.8 Å². The predicted octanol–water partition coefficient (Wildman–Crippen LogP) is 3.88. The van der Waals surface area contributed by atoms with E-state index in [1.165, 1.54) is 18.2 Å². The molecule has 0 unspecified atom stereocenters. The number of rotatable bonds is 5. The van der Waals surface area contributed by atoms with E-state index in [1.54, 1.807) is 29.2 Å². The number of carbonyl (C=O) groups excluding carboxylic acids is 2. The van der Waals surface area contributed by atoms with Crippen LogP contribution in [0, 0.1) is 0 Å². The van der Waals surface area contributed by atoms with E-state index in [2.05, 4.69) is 10.6 Å². The molecule has 27 heavy (non-hydrogen) atoms. The van der Waals surface area contributed by atoms with Crippen LogP contribution in [0.4, 0.5) is 30.2 Å². The lowest BCUT2D eigenvalue weighted by Crippen LogP contribution is -2.24. The summed E-state index contributed by atoms with van der Waals surface area (Å²) in [4.78, 5) is 25.4. The fraction of sp³-hybridized carbons (Fsp3) is 0.263. The Balaban J connectivity index is 1.58. The molecule has 1 aliphatic rings. The molecule has 8 heteroatoms. The maximum atomic E-state index is 12.9. The smallest absolute Gasteiger partial charge is 0.376 e. The van der Waals surface area contributed by atoms with Gasteiger partial charge in [0.15, 0.2) is 0 Å². The van der Waals surface area contributed by atoms with Gasteiger partial charge in [0, 0.05) is 24.3 Å². The lowest BCUT2D eigenvalue weighted by molar-refractivity contribution is -0.137. The Morgan fingerprint density at radius 3 is 2.41 bits per heavy atom. The van der Waals surface area contributed by atoms with Crippen LogP contribution >= 0.6 is 0 Å². The normalized spacial score (nSPS) is 14.3. The summed E-state index contributed by atoms with van der Waals surface area (Å²) in [5.74, 6) is -0.510. The van der Waals surface area contributed by atoms with Crippen molar-refractivity contribution in [1.82, 2.24) is 0 Å². The van der Waals surface area contributed by atoms with E-state index in [4.69, 9.17) is 0 Å². The van der Waals surface area contributed by atoms with Crippen molar-refractivity contribution in [2.45, 2.75) is 19.0 Å². The molecule has 0 saturated carbocycles. The van der Waals surface area contributed by atoms with Crippen LogP contribution < -0.4 is 15.5 Å². The van der Waals surface area contributed by atoms with Gasteiger partial charge in [-0.2, -0.15) is 13.2 Å². The third-order valence-electron chi connectivity index (χ3n) is 4.21. The number of para-hydroxylation sites is 1. The van der Waals surface area contributed by atoms with Crippen molar-refractivity contribution in [3.8, 4) is 0 Å². The molecular weight excluding hydrogens is 359 g/mol. The molecule has 2 N–H and O–H groups in total. The maximum absolute atomic E-state index is 12.9. The first-order valence-corrected chi connectivity index (χ1v) is 8.45. The van der Waals surface area contributed by atoms with Crippen molar-refractivity contribution < 1.29 is 22.8 Å². The summed E-state index contributed by atoms with van der Waals surface area (Å²) in [7, 11) is 0. The summed E-state index contributed by atoms with van der Waals surface area (Å²) in [5, 5.41) is 5.13.